The molecule has 26 heavy (non-hydrogen) atoms. The first kappa shape index (κ1) is 18.0. The van der Waals surface area contributed by atoms with E-state index in [4.69, 9.17) is 9.47 Å². The first-order chi connectivity index (χ1) is 12.5. The second-order valence-corrected chi connectivity index (χ2v) is 6.40. The number of benzene rings is 1. The number of Topliss-reactive ketones (excluding diaryl/α,β-unsaturated/α-hetero) is 1. The highest BCUT2D eigenvalue weighted by Gasteiger charge is 2.32. The molecule has 5 heteroatoms. The molecule has 1 aliphatic rings. The molecule has 0 amide bonds. The molecule has 0 fully saturated rings. The van der Waals surface area contributed by atoms with Crippen molar-refractivity contribution in [3.8, 4) is 5.75 Å². The van der Waals surface area contributed by atoms with Gasteiger partial charge >= 0.3 is 5.97 Å². The van der Waals surface area contributed by atoms with Gasteiger partial charge in [-0.15, -0.1) is 0 Å². The molecule has 0 unspecified atom stereocenters. The fourth-order valence-electron chi connectivity index (χ4n) is 3.48. The van der Waals surface area contributed by atoms with Crippen LogP contribution in [0.2, 0.25) is 0 Å². The Morgan fingerprint density at radius 1 is 1.31 bits per heavy atom. The minimum Gasteiger partial charge on any atom is -0.494 e. The Morgan fingerprint density at radius 3 is 2.69 bits per heavy atom. The number of rotatable bonds is 6. The van der Waals surface area contributed by atoms with Crippen molar-refractivity contribution in [2.45, 2.75) is 32.6 Å². The normalized spacial score (nSPS) is 16.1. The number of ketones is 1. The number of H-pyrrole nitrogens is 1. The van der Waals surface area contributed by atoms with Crippen LogP contribution in [0.4, 0.5) is 0 Å². The van der Waals surface area contributed by atoms with Crippen LogP contribution in [0, 0.1) is 6.92 Å². The molecule has 1 aliphatic carbocycles. The first-order valence-corrected chi connectivity index (χ1v) is 8.80. The highest BCUT2D eigenvalue weighted by molar-refractivity contribution is 6.03. The van der Waals surface area contributed by atoms with Crippen LogP contribution in [0.25, 0.3) is 0 Å². The van der Waals surface area contributed by atoms with E-state index in [2.05, 4.69) is 11.6 Å². The zero-order valence-corrected chi connectivity index (χ0v) is 15.1. The van der Waals surface area contributed by atoms with Crippen LogP contribution in [0.1, 0.15) is 56.9 Å². The van der Waals surface area contributed by atoms with Crippen LogP contribution in [0.15, 0.2) is 36.9 Å². The van der Waals surface area contributed by atoms with Gasteiger partial charge in [0.2, 0.25) is 0 Å². The van der Waals surface area contributed by atoms with Crippen LogP contribution in [-0.2, 0) is 11.2 Å². The standard InChI is InChI=1S/C21H23NO4/c1-4-10-26-21(24)20-13(3)19-17(22-20)11-15(12-18(19)23)14-6-8-16(9-7-14)25-5-2/h4,6-9,15,22H,1,5,10-12H2,2-3H3/t15-/m0/s1. The van der Waals surface area contributed by atoms with Gasteiger partial charge in [-0.2, -0.15) is 0 Å². The number of carbonyl (C=O) groups excluding carboxylic acids is 2. The third kappa shape index (κ3) is 3.43. The van der Waals surface area contributed by atoms with E-state index >= 15 is 0 Å². The molecular weight excluding hydrogens is 330 g/mol. The molecular formula is C21H23NO4. The number of nitrogens with one attached hydrogen (secondary N) is 1. The van der Waals surface area contributed by atoms with E-state index in [1.54, 1.807) is 6.92 Å². The highest BCUT2D eigenvalue weighted by Crippen LogP contribution is 2.35. The molecule has 2 aromatic rings. The molecule has 136 valence electrons. The van der Waals surface area contributed by atoms with Crippen molar-refractivity contribution in [1.82, 2.24) is 4.98 Å². The maximum Gasteiger partial charge on any atom is 0.355 e. The predicted molar refractivity (Wildman–Crippen MR) is 99.0 cm³/mol. The molecule has 0 bridgehead atoms. The minimum atomic E-state index is -0.456. The summed E-state index contributed by atoms with van der Waals surface area (Å²) in [5, 5.41) is 0. The van der Waals surface area contributed by atoms with E-state index in [1.807, 2.05) is 31.2 Å². The van der Waals surface area contributed by atoms with Gasteiger partial charge in [0.1, 0.15) is 18.1 Å². The molecule has 0 aliphatic heterocycles. The Labute approximate surface area is 153 Å². The summed E-state index contributed by atoms with van der Waals surface area (Å²) in [5.41, 5.74) is 3.57. The van der Waals surface area contributed by atoms with E-state index in [1.165, 1.54) is 6.08 Å². The van der Waals surface area contributed by atoms with Gasteiger partial charge in [-0.3, -0.25) is 4.79 Å². The van der Waals surface area contributed by atoms with Gasteiger partial charge in [-0.25, -0.2) is 4.79 Å². The van der Waals surface area contributed by atoms with Crippen molar-refractivity contribution in [2.75, 3.05) is 13.2 Å². The summed E-state index contributed by atoms with van der Waals surface area (Å²) >= 11 is 0. The average molecular weight is 353 g/mol. The fourth-order valence-corrected chi connectivity index (χ4v) is 3.48. The molecule has 1 aromatic carbocycles. The lowest BCUT2D eigenvalue weighted by Crippen LogP contribution is -2.18. The molecule has 0 spiro atoms. The van der Waals surface area contributed by atoms with Crippen LogP contribution in [-0.4, -0.2) is 30.0 Å². The first-order valence-electron chi connectivity index (χ1n) is 8.80. The van der Waals surface area contributed by atoms with Crippen LogP contribution < -0.4 is 4.74 Å². The summed E-state index contributed by atoms with van der Waals surface area (Å²) < 4.78 is 10.6. The number of ether oxygens (including phenoxy) is 2. The van der Waals surface area contributed by atoms with Gasteiger partial charge in [0.05, 0.1) is 6.61 Å². The predicted octanol–water partition coefficient (Wildman–Crippen LogP) is 3.98. The van der Waals surface area contributed by atoms with Crippen LogP contribution in [0.3, 0.4) is 0 Å². The maximum atomic E-state index is 12.7. The van der Waals surface area contributed by atoms with E-state index in [0.29, 0.717) is 36.3 Å². The molecule has 1 aromatic heterocycles. The van der Waals surface area contributed by atoms with Gasteiger partial charge in [-0.05, 0) is 49.4 Å². The highest BCUT2D eigenvalue weighted by atomic mass is 16.5. The van der Waals surface area contributed by atoms with Crippen molar-refractivity contribution < 1.29 is 19.1 Å². The van der Waals surface area contributed by atoms with Crippen LogP contribution in [0.5, 0.6) is 5.75 Å². The van der Waals surface area contributed by atoms with Gasteiger partial charge in [-0.1, -0.05) is 24.8 Å². The molecule has 5 nitrogen and oxygen atoms in total. The summed E-state index contributed by atoms with van der Waals surface area (Å²) in [4.78, 5) is 28.0. The van der Waals surface area contributed by atoms with Crippen molar-refractivity contribution in [3.63, 3.8) is 0 Å². The number of esters is 1. The molecule has 0 radical (unpaired) electrons. The third-order valence-electron chi connectivity index (χ3n) is 4.69. The second-order valence-electron chi connectivity index (χ2n) is 6.40. The third-order valence-corrected chi connectivity index (χ3v) is 4.69. The van der Waals surface area contributed by atoms with Crippen molar-refractivity contribution in [2.24, 2.45) is 0 Å². The number of carbonyl (C=O) groups is 2. The summed E-state index contributed by atoms with van der Waals surface area (Å²) in [6.45, 7) is 8.03. The molecule has 1 N–H and O–H groups in total. The Kier molecular flexibility index (Phi) is 5.26. The van der Waals surface area contributed by atoms with Gasteiger partial charge in [0.15, 0.2) is 5.78 Å². The zero-order valence-electron chi connectivity index (χ0n) is 15.1. The van der Waals surface area contributed by atoms with Crippen LogP contribution >= 0.6 is 0 Å². The lowest BCUT2D eigenvalue weighted by molar-refractivity contribution is 0.0542. The summed E-state index contributed by atoms with van der Waals surface area (Å²) in [6, 6.07) is 7.86. The zero-order chi connectivity index (χ0) is 18.7. The Balaban J connectivity index is 1.84. The quantitative estimate of drug-likeness (QED) is 0.630. The number of aromatic nitrogens is 1. The lowest BCUT2D eigenvalue weighted by Gasteiger charge is -2.22. The summed E-state index contributed by atoms with van der Waals surface area (Å²) in [7, 11) is 0. The largest absolute Gasteiger partial charge is 0.494 e. The second kappa shape index (κ2) is 7.60. The summed E-state index contributed by atoms with van der Waals surface area (Å²) in [6.07, 6.45) is 2.63. The topological polar surface area (TPSA) is 68.4 Å². The number of hydrogen-bond acceptors (Lipinski definition) is 4. The van der Waals surface area contributed by atoms with E-state index < -0.39 is 5.97 Å². The smallest absolute Gasteiger partial charge is 0.355 e. The number of aromatic amines is 1. The molecule has 0 saturated carbocycles. The lowest BCUT2D eigenvalue weighted by atomic mass is 9.81. The number of fused-ring (bicyclic) bond motifs is 1. The molecule has 1 atom stereocenters. The Morgan fingerprint density at radius 2 is 2.04 bits per heavy atom. The Bertz CT molecular complexity index is 832. The maximum absolute atomic E-state index is 12.7. The van der Waals surface area contributed by atoms with Crippen molar-refractivity contribution >= 4 is 11.8 Å². The SMILES string of the molecule is C=CCOC(=O)c1[nH]c2c(c1C)C(=O)C[C@@H](c1ccc(OCC)cc1)C2. The minimum absolute atomic E-state index is 0.0571. The number of hydrogen-bond donors (Lipinski definition) is 1. The van der Waals surface area contributed by atoms with Gasteiger partial charge < -0.3 is 14.5 Å². The van der Waals surface area contributed by atoms with Crippen molar-refractivity contribution in [3.05, 3.63) is 65.0 Å². The van der Waals surface area contributed by atoms with Gasteiger partial charge in [0, 0.05) is 17.7 Å². The monoisotopic (exact) mass is 353 g/mol. The van der Waals surface area contributed by atoms with Crippen molar-refractivity contribution in [1.29, 1.82) is 0 Å². The van der Waals surface area contributed by atoms with E-state index in [-0.39, 0.29) is 18.3 Å². The molecule has 3 rings (SSSR count). The fraction of sp³-hybridized carbons (Fsp3) is 0.333. The average Bonchev–Trinajstić information content (AvgIpc) is 2.98. The summed E-state index contributed by atoms with van der Waals surface area (Å²) in [5.74, 6) is 0.506. The van der Waals surface area contributed by atoms with E-state index in [0.717, 1.165) is 17.0 Å². The molecule has 1 heterocycles. The van der Waals surface area contributed by atoms with E-state index in [9.17, 15) is 9.59 Å². The Hall–Kier alpha value is -2.82. The van der Waals surface area contributed by atoms with Gasteiger partial charge in [0.25, 0.3) is 0 Å². The molecule has 0 saturated heterocycles.